The molecular formula is C19H18N2O5. The van der Waals surface area contributed by atoms with Crippen LogP contribution in [-0.2, 0) is 16.1 Å². The van der Waals surface area contributed by atoms with Crippen molar-refractivity contribution in [3.63, 3.8) is 0 Å². The third kappa shape index (κ3) is 4.01. The zero-order valence-electron chi connectivity index (χ0n) is 14.1. The Labute approximate surface area is 150 Å². The van der Waals surface area contributed by atoms with Gasteiger partial charge in [-0.1, -0.05) is 30.3 Å². The maximum absolute atomic E-state index is 12.0. The predicted molar refractivity (Wildman–Crippen MR) is 94.3 cm³/mol. The first-order valence-electron chi connectivity index (χ1n) is 7.93. The Morgan fingerprint density at radius 1 is 1.15 bits per heavy atom. The first kappa shape index (κ1) is 17.5. The third-order valence-electron chi connectivity index (χ3n) is 3.83. The highest BCUT2D eigenvalue weighted by Gasteiger charge is 2.29. The van der Waals surface area contributed by atoms with Crippen LogP contribution in [0.5, 0.6) is 11.5 Å². The van der Waals surface area contributed by atoms with Crippen molar-refractivity contribution in [3.8, 4) is 11.5 Å². The summed E-state index contributed by atoms with van der Waals surface area (Å²) in [6, 6.07) is 13.8. The van der Waals surface area contributed by atoms with Gasteiger partial charge in [0, 0.05) is 18.7 Å². The molecule has 1 atom stereocenters. The Hall–Kier alpha value is -3.32. The van der Waals surface area contributed by atoms with Crippen LogP contribution in [-0.4, -0.2) is 30.4 Å². The van der Waals surface area contributed by atoms with Gasteiger partial charge < -0.3 is 19.9 Å². The van der Waals surface area contributed by atoms with E-state index >= 15 is 0 Å². The molecule has 1 aliphatic heterocycles. The number of methoxy groups -OCH3 is 1. The standard InChI is InChI=1S/C19H18N2O5/c1-25-18-15(17(23)20-19(24)21-18)9-13-7-8-14(10-16(13)22)26-11-12-5-3-2-4-6-12/h2-10,18,22H,11H2,1H3,(H2,20,21,23,24). The predicted octanol–water partition coefficient (Wildman–Crippen LogP) is 2.17. The van der Waals surface area contributed by atoms with Gasteiger partial charge in [0.15, 0.2) is 6.23 Å². The molecule has 2 aromatic rings. The average molecular weight is 354 g/mol. The highest BCUT2D eigenvalue weighted by molar-refractivity contribution is 6.10. The highest BCUT2D eigenvalue weighted by Crippen LogP contribution is 2.27. The van der Waals surface area contributed by atoms with Crippen molar-refractivity contribution in [3.05, 3.63) is 65.2 Å². The molecule has 0 radical (unpaired) electrons. The number of phenolic OH excluding ortho intramolecular Hbond substituents is 1. The fourth-order valence-electron chi connectivity index (χ4n) is 2.50. The summed E-state index contributed by atoms with van der Waals surface area (Å²) in [6.45, 7) is 0.376. The summed E-state index contributed by atoms with van der Waals surface area (Å²) in [6.07, 6.45) is 0.573. The SMILES string of the molecule is COC1NC(=O)NC(=O)C1=Cc1ccc(OCc2ccccc2)cc1O. The summed E-state index contributed by atoms with van der Waals surface area (Å²) in [5.41, 5.74) is 1.59. The van der Waals surface area contributed by atoms with Crippen LogP contribution in [0.15, 0.2) is 54.1 Å². The number of hydrogen-bond donors (Lipinski definition) is 3. The quantitative estimate of drug-likeness (QED) is 0.715. The van der Waals surface area contributed by atoms with E-state index in [1.54, 1.807) is 12.1 Å². The largest absolute Gasteiger partial charge is 0.507 e. The monoisotopic (exact) mass is 354 g/mol. The number of ether oxygens (including phenoxy) is 2. The van der Waals surface area contributed by atoms with Gasteiger partial charge in [-0.15, -0.1) is 0 Å². The van der Waals surface area contributed by atoms with Gasteiger partial charge in [0.1, 0.15) is 18.1 Å². The Bertz CT molecular complexity index is 848. The molecule has 0 aromatic heterocycles. The smallest absolute Gasteiger partial charge is 0.323 e. The van der Waals surface area contributed by atoms with Crippen molar-refractivity contribution in [2.24, 2.45) is 0 Å². The molecule has 1 fully saturated rings. The first-order chi connectivity index (χ1) is 12.6. The normalized spacial score (nSPS) is 18.3. The summed E-state index contributed by atoms with van der Waals surface area (Å²) in [5.74, 6) is -0.134. The molecule has 0 saturated carbocycles. The van der Waals surface area contributed by atoms with Crippen LogP contribution < -0.4 is 15.4 Å². The third-order valence-corrected chi connectivity index (χ3v) is 3.83. The van der Waals surface area contributed by atoms with Gasteiger partial charge in [-0.05, 0) is 23.8 Å². The van der Waals surface area contributed by atoms with E-state index in [4.69, 9.17) is 9.47 Å². The molecule has 0 aliphatic carbocycles. The van der Waals surface area contributed by atoms with Crippen molar-refractivity contribution in [2.45, 2.75) is 12.8 Å². The molecule has 3 rings (SSSR count). The van der Waals surface area contributed by atoms with E-state index < -0.39 is 18.2 Å². The number of carbonyl (C=O) groups is 2. The van der Waals surface area contributed by atoms with Crippen molar-refractivity contribution in [2.75, 3.05) is 7.11 Å². The van der Waals surface area contributed by atoms with E-state index in [9.17, 15) is 14.7 Å². The summed E-state index contributed by atoms with van der Waals surface area (Å²) in [4.78, 5) is 23.3. The molecule has 0 bridgehead atoms. The molecule has 1 aliphatic rings. The van der Waals surface area contributed by atoms with Crippen LogP contribution in [0.4, 0.5) is 4.79 Å². The molecule has 0 spiro atoms. The second-order valence-electron chi connectivity index (χ2n) is 5.64. The van der Waals surface area contributed by atoms with E-state index in [2.05, 4.69) is 10.6 Å². The number of nitrogens with one attached hydrogen (secondary N) is 2. The molecule has 7 nitrogen and oxygen atoms in total. The van der Waals surface area contributed by atoms with Gasteiger partial charge in [-0.2, -0.15) is 0 Å². The van der Waals surface area contributed by atoms with Crippen LogP contribution in [0.1, 0.15) is 11.1 Å². The number of urea groups is 1. The number of rotatable bonds is 5. The van der Waals surface area contributed by atoms with Crippen LogP contribution in [0.25, 0.3) is 6.08 Å². The number of hydrogen-bond acceptors (Lipinski definition) is 5. The zero-order valence-corrected chi connectivity index (χ0v) is 14.1. The molecule has 1 unspecified atom stereocenters. The minimum Gasteiger partial charge on any atom is -0.507 e. The molecule has 7 heteroatoms. The highest BCUT2D eigenvalue weighted by atomic mass is 16.5. The van der Waals surface area contributed by atoms with Crippen molar-refractivity contribution >= 4 is 18.0 Å². The van der Waals surface area contributed by atoms with E-state index in [1.807, 2.05) is 30.3 Å². The van der Waals surface area contributed by atoms with E-state index in [1.165, 1.54) is 19.3 Å². The first-order valence-corrected chi connectivity index (χ1v) is 7.93. The fourth-order valence-corrected chi connectivity index (χ4v) is 2.50. The van der Waals surface area contributed by atoms with Crippen LogP contribution in [0, 0.1) is 0 Å². The average Bonchev–Trinajstić information content (AvgIpc) is 2.64. The maximum Gasteiger partial charge on any atom is 0.323 e. The minimum absolute atomic E-state index is 0.0531. The number of amides is 3. The second kappa shape index (κ2) is 7.71. The molecule has 1 saturated heterocycles. The van der Waals surface area contributed by atoms with Crippen LogP contribution >= 0.6 is 0 Å². The molecule has 1 heterocycles. The molecule has 26 heavy (non-hydrogen) atoms. The van der Waals surface area contributed by atoms with Gasteiger partial charge in [0.2, 0.25) is 0 Å². The fraction of sp³-hybridized carbons (Fsp3) is 0.158. The van der Waals surface area contributed by atoms with Gasteiger partial charge >= 0.3 is 6.03 Å². The summed E-state index contributed by atoms with van der Waals surface area (Å²) < 4.78 is 10.8. The van der Waals surface area contributed by atoms with Gasteiger partial charge in [0.25, 0.3) is 5.91 Å². The molecule has 134 valence electrons. The molecule has 2 aromatic carbocycles. The van der Waals surface area contributed by atoms with Crippen molar-refractivity contribution in [1.29, 1.82) is 0 Å². The summed E-state index contributed by atoms with van der Waals surface area (Å²) in [5, 5.41) is 14.8. The lowest BCUT2D eigenvalue weighted by Gasteiger charge is -2.24. The summed E-state index contributed by atoms with van der Waals surface area (Å²) in [7, 11) is 1.37. The Morgan fingerprint density at radius 2 is 1.92 bits per heavy atom. The van der Waals surface area contributed by atoms with E-state index in [-0.39, 0.29) is 11.3 Å². The number of imide groups is 1. The van der Waals surface area contributed by atoms with Gasteiger partial charge in [-0.3, -0.25) is 10.1 Å². The lowest BCUT2D eigenvalue weighted by molar-refractivity contribution is -0.118. The number of benzene rings is 2. The Morgan fingerprint density at radius 3 is 2.62 bits per heavy atom. The molecule has 3 amide bonds. The topological polar surface area (TPSA) is 96.9 Å². The van der Waals surface area contributed by atoms with Gasteiger partial charge in [-0.25, -0.2) is 4.79 Å². The second-order valence-corrected chi connectivity index (χ2v) is 5.64. The lowest BCUT2D eigenvalue weighted by atomic mass is 10.1. The summed E-state index contributed by atoms with van der Waals surface area (Å²) >= 11 is 0. The molecular weight excluding hydrogens is 336 g/mol. The minimum atomic E-state index is -0.885. The number of phenols is 1. The Balaban J connectivity index is 1.76. The zero-order chi connectivity index (χ0) is 18.5. The molecule has 3 N–H and O–H groups in total. The number of carbonyl (C=O) groups excluding carboxylic acids is 2. The van der Waals surface area contributed by atoms with Crippen LogP contribution in [0.3, 0.4) is 0 Å². The van der Waals surface area contributed by atoms with Gasteiger partial charge in [0.05, 0.1) is 5.57 Å². The number of aromatic hydroxyl groups is 1. The van der Waals surface area contributed by atoms with E-state index in [0.29, 0.717) is 17.9 Å². The van der Waals surface area contributed by atoms with Crippen molar-refractivity contribution in [1.82, 2.24) is 10.6 Å². The lowest BCUT2D eigenvalue weighted by Crippen LogP contribution is -2.54. The maximum atomic E-state index is 12.0. The van der Waals surface area contributed by atoms with Crippen molar-refractivity contribution < 1.29 is 24.2 Å². The van der Waals surface area contributed by atoms with Crippen LogP contribution in [0.2, 0.25) is 0 Å². The Kier molecular flexibility index (Phi) is 5.19. The van der Waals surface area contributed by atoms with E-state index in [0.717, 1.165) is 5.56 Å².